The van der Waals surface area contributed by atoms with Gasteiger partial charge < -0.3 is 45.5 Å². The number of ether oxygens (including phenoxy) is 3. The zero-order valence-electron chi connectivity index (χ0n) is 23.1. The molecule has 1 spiro atoms. The van der Waals surface area contributed by atoms with Gasteiger partial charge in [-0.3, -0.25) is 9.59 Å². The maximum atomic E-state index is 13.1. The van der Waals surface area contributed by atoms with E-state index in [0.29, 0.717) is 19.4 Å². The van der Waals surface area contributed by atoms with Crippen molar-refractivity contribution in [1.29, 1.82) is 0 Å². The number of rotatable bonds is 9. The molecule has 0 radical (unpaired) electrons. The van der Waals surface area contributed by atoms with Crippen molar-refractivity contribution in [1.82, 2.24) is 10.2 Å². The maximum Gasteiger partial charge on any atom is 0.352 e. The average molecular weight is 574 g/mol. The normalized spacial score (nSPS) is 29.6. The molecule has 2 aliphatic heterocycles. The Hall–Kier alpha value is -3.68. The number of aliphatic hydroxyl groups is 1. The number of carbonyl (C=O) groups excluding carboxylic acids is 3. The number of esters is 2. The molecule has 13 nitrogen and oxygen atoms in total. The molecule has 0 saturated carbocycles. The van der Waals surface area contributed by atoms with Gasteiger partial charge in [0.2, 0.25) is 5.91 Å². The van der Waals surface area contributed by atoms with E-state index in [-0.39, 0.29) is 42.6 Å². The van der Waals surface area contributed by atoms with Crippen LogP contribution in [0.3, 0.4) is 0 Å². The summed E-state index contributed by atoms with van der Waals surface area (Å²) in [5, 5.41) is 34.0. The fraction of sp³-hybridized carbons (Fsp3) is 0.571. The third kappa shape index (κ3) is 4.52. The predicted octanol–water partition coefficient (Wildman–Crippen LogP) is -0.158. The number of benzene rings is 1. The van der Waals surface area contributed by atoms with Crippen LogP contribution in [0.15, 0.2) is 24.0 Å². The van der Waals surface area contributed by atoms with Crippen LogP contribution in [0.25, 0.3) is 0 Å². The predicted molar refractivity (Wildman–Crippen MR) is 141 cm³/mol. The summed E-state index contributed by atoms with van der Waals surface area (Å²) in [5.41, 5.74) is 4.97. The second kappa shape index (κ2) is 10.3. The first kappa shape index (κ1) is 28.8. The topological polar surface area (TPSA) is 198 Å². The number of carbonyl (C=O) groups is 4. The number of amides is 1. The summed E-state index contributed by atoms with van der Waals surface area (Å²) >= 11 is 0. The number of piperidine rings is 1. The number of nitrogens with zero attached hydrogens (tertiary/aromatic N) is 1. The lowest BCUT2D eigenvalue weighted by molar-refractivity contribution is -0.176. The second-order valence-corrected chi connectivity index (χ2v) is 11.4. The number of hydrogen-bond acceptors (Lipinski definition) is 11. The van der Waals surface area contributed by atoms with E-state index in [2.05, 4.69) is 10.2 Å². The van der Waals surface area contributed by atoms with E-state index in [1.165, 1.54) is 13.8 Å². The molecule has 1 saturated heterocycles. The van der Waals surface area contributed by atoms with E-state index >= 15 is 0 Å². The Morgan fingerprint density at radius 2 is 1.98 bits per heavy atom. The molecule has 4 aliphatic rings. The van der Waals surface area contributed by atoms with E-state index in [1.807, 2.05) is 13.1 Å². The second-order valence-electron chi connectivity index (χ2n) is 11.4. The lowest BCUT2D eigenvalue weighted by atomic mass is 9.50. The number of carboxylic acid groups (broad SMARTS) is 1. The van der Waals surface area contributed by atoms with Crippen molar-refractivity contribution in [2.75, 3.05) is 13.6 Å². The number of aromatic hydroxyl groups is 1. The molecule has 3 unspecified atom stereocenters. The minimum atomic E-state index is -1.34. The third-order valence-corrected chi connectivity index (χ3v) is 8.93. The van der Waals surface area contributed by atoms with E-state index < -0.39 is 59.1 Å². The molecule has 5 rings (SSSR count). The van der Waals surface area contributed by atoms with Gasteiger partial charge in [0.05, 0.1) is 11.0 Å². The highest BCUT2D eigenvalue weighted by molar-refractivity contribution is 5.86. The number of nitrogens with one attached hydrogen (secondary N) is 1. The molecule has 6 N–H and O–H groups in total. The van der Waals surface area contributed by atoms with Gasteiger partial charge >= 0.3 is 17.9 Å². The van der Waals surface area contributed by atoms with Gasteiger partial charge in [0.1, 0.15) is 17.8 Å². The van der Waals surface area contributed by atoms with Gasteiger partial charge in [0.15, 0.2) is 23.7 Å². The van der Waals surface area contributed by atoms with Gasteiger partial charge in [-0.05, 0) is 64.4 Å². The molecule has 2 heterocycles. The number of hydrogen-bond donors (Lipinski definition) is 5. The zero-order valence-corrected chi connectivity index (χ0v) is 23.1. The number of carboxylic acids is 1. The molecular formula is C28H35N3O10. The lowest BCUT2D eigenvalue weighted by Gasteiger charge is -2.61. The summed E-state index contributed by atoms with van der Waals surface area (Å²) in [7, 11) is 1.97. The first-order chi connectivity index (χ1) is 19.3. The van der Waals surface area contributed by atoms with Gasteiger partial charge in [-0.2, -0.15) is 0 Å². The fourth-order valence-electron chi connectivity index (χ4n) is 6.74. The molecule has 2 aliphatic carbocycles. The minimum absolute atomic E-state index is 0.0544. The third-order valence-electron chi connectivity index (χ3n) is 8.93. The number of phenols is 1. The van der Waals surface area contributed by atoms with Crippen LogP contribution in [0, 0.1) is 0 Å². The Labute approximate surface area is 236 Å². The van der Waals surface area contributed by atoms with Crippen LogP contribution in [0.4, 0.5) is 0 Å². The van der Waals surface area contributed by atoms with Crippen molar-refractivity contribution < 1.29 is 48.7 Å². The highest BCUT2D eigenvalue weighted by Crippen LogP contribution is 2.65. The number of nitrogens with two attached hydrogens (primary N) is 1. The van der Waals surface area contributed by atoms with Crippen molar-refractivity contribution in [2.24, 2.45) is 5.73 Å². The smallest absolute Gasteiger partial charge is 0.352 e. The molecule has 1 aromatic carbocycles. The van der Waals surface area contributed by atoms with Crippen molar-refractivity contribution in [2.45, 2.75) is 87.3 Å². The average Bonchev–Trinajstić information content (AvgIpc) is 3.28. The first-order valence-corrected chi connectivity index (χ1v) is 13.6. The Bertz CT molecular complexity index is 1330. The van der Waals surface area contributed by atoms with E-state index in [1.54, 1.807) is 12.1 Å². The minimum Gasteiger partial charge on any atom is -0.504 e. The van der Waals surface area contributed by atoms with Gasteiger partial charge in [0.25, 0.3) is 0 Å². The molecule has 0 aromatic heterocycles. The van der Waals surface area contributed by atoms with Gasteiger partial charge in [0, 0.05) is 24.4 Å². The lowest BCUT2D eigenvalue weighted by Crippen LogP contribution is -2.74. The molecular weight excluding hydrogens is 538 g/mol. The number of aliphatic carboxylic acids is 1. The largest absolute Gasteiger partial charge is 0.504 e. The van der Waals surface area contributed by atoms with Crippen LogP contribution in [0.2, 0.25) is 0 Å². The van der Waals surface area contributed by atoms with Crippen molar-refractivity contribution in [3.05, 3.63) is 35.1 Å². The van der Waals surface area contributed by atoms with Crippen LogP contribution in [-0.2, 0) is 40.5 Å². The Morgan fingerprint density at radius 1 is 1.24 bits per heavy atom. The molecule has 13 heteroatoms. The standard InChI is InChI=1S/C28H35N3O10/c1-13(30-20(33)7-5-16(29)24(34)35)25(36)39-14(2)26(37)40-18-8-9-28(38)19-12-15-4-6-17(32)22-21(15)27(28,23(18)41-22)10-11-31(19)3/h4,6,8,13-14,16,19,23,32,38H,5,7,9-12,29H2,1-3H3,(H,30,33)(H,34,35)/t13?,14?,16?,19-,23+,27+,28-/m1/s1. The number of phenolic OH excluding ortho intramolecular Hbond substituents is 1. The van der Waals surface area contributed by atoms with Crippen LogP contribution in [0.5, 0.6) is 11.5 Å². The first-order valence-electron chi connectivity index (χ1n) is 13.6. The quantitative estimate of drug-likeness (QED) is 0.245. The summed E-state index contributed by atoms with van der Waals surface area (Å²) in [6.07, 6.45) is 0.391. The van der Waals surface area contributed by atoms with Crippen LogP contribution in [-0.4, -0.2) is 93.6 Å². The maximum absolute atomic E-state index is 13.1. The Kier molecular flexibility index (Phi) is 7.24. The zero-order chi connectivity index (χ0) is 29.9. The number of likely N-dealkylation sites (N-methyl/N-ethyl adjacent to an activating group) is 1. The Balaban J connectivity index is 1.27. The van der Waals surface area contributed by atoms with Crippen molar-refractivity contribution in [3.63, 3.8) is 0 Å². The summed E-state index contributed by atoms with van der Waals surface area (Å²) in [6, 6.07) is 0.895. The van der Waals surface area contributed by atoms with Crippen LogP contribution < -0.4 is 15.8 Å². The van der Waals surface area contributed by atoms with Gasteiger partial charge in [-0.1, -0.05) is 6.07 Å². The molecule has 222 valence electrons. The number of likely N-dealkylation sites (tertiary alicyclic amines) is 1. The summed E-state index contributed by atoms with van der Waals surface area (Å²) in [5.74, 6) is -3.19. The van der Waals surface area contributed by atoms with E-state index in [4.69, 9.17) is 25.1 Å². The van der Waals surface area contributed by atoms with E-state index in [0.717, 1.165) is 11.1 Å². The van der Waals surface area contributed by atoms with Crippen LogP contribution >= 0.6 is 0 Å². The highest BCUT2D eigenvalue weighted by atomic mass is 16.6. The fourth-order valence-corrected chi connectivity index (χ4v) is 6.74. The summed E-state index contributed by atoms with van der Waals surface area (Å²) in [4.78, 5) is 50.6. The summed E-state index contributed by atoms with van der Waals surface area (Å²) < 4.78 is 17.2. The highest BCUT2D eigenvalue weighted by Gasteiger charge is 2.72. The molecule has 2 bridgehead atoms. The summed E-state index contributed by atoms with van der Waals surface area (Å²) in [6.45, 7) is 3.37. The van der Waals surface area contributed by atoms with Gasteiger partial charge in [-0.25, -0.2) is 9.59 Å². The monoisotopic (exact) mass is 573 g/mol. The van der Waals surface area contributed by atoms with Crippen molar-refractivity contribution in [3.8, 4) is 11.5 Å². The SMILES string of the molecule is CC(NC(=O)CCC(N)C(=O)O)C(=O)OC(C)C(=O)OC1=CC[C@@]2(O)[C@H]3Cc4ccc(O)c5c4[C@@]2(CCN3C)[C@H]1O5. The van der Waals surface area contributed by atoms with Crippen LogP contribution in [0.1, 0.15) is 50.7 Å². The van der Waals surface area contributed by atoms with Crippen molar-refractivity contribution >= 4 is 23.8 Å². The van der Waals surface area contributed by atoms with Gasteiger partial charge in [-0.15, -0.1) is 0 Å². The molecule has 41 heavy (non-hydrogen) atoms. The molecule has 1 amide bonds. The molecule has 1 fully saturated rings. The molecule has 1 aromatic rings. The van der Waals surface area contributed by atoms with E-state index in [9.17, 15) is 29.4 Å². The Morgan fingerprint density at radius 3 is 2.68 bits per heavy atom. The molecule has 7 atom stereocenters.